The fourth-order valence-corrected chi connectivity index (χ4v) is 14.4. The van der Waals surface area contributed by atoms with Gasteiger partial charge in [0.25, 0.3) is 0 Å². The number of benzene rings is 4. The molecule has 0 unspecified atom stereocenters. The number of nitrogens with zero attached hydrogens (tertiary/aromatic N) is 8. The SMILES string of the molecule is CC(C)(C)c1cc(-c2c3nc(c(-c4cc(C(C)(C)C)cc(C(C)(C)C)c4)c4ccc([n-]4)c(C#CC#Cc4c5nc(c(-c6cc(C(C)(C)C)cc(C(C)(C)C)c6)c6ccc([n-]6)c(-c6cc(C(C)(C)C)cc(C(C)(C)C)c6)c6nc(c(N)c7ccc4[n-]7)C=C6)C=C5)c4nc(c(N)c5ccc2[n-]5)C=C4)C=C3)cc(C(C)(C)C)c1.[Zn+2].[Zn+2]. The van der Waals surface area contributed by atoms with Gasteiger partial charge in [0.2, 0.25) is 0 Å². The molecule has 0 fully saturated rings. The Kier molecular flexibility index (Phi) is 21.3. The summed E-state index contributed by atoms with van der Waals surface area (Å²) in [6, 6.07) is 44.3. The summed E-state index contributed by atoms with van der Waals surface area (Å²) in [6.45, 7) is 54.5. The third-order valence-corrected chi connectivity index (χ3v) is 21.5. The standard InChI is InChI=1S/C100H104N10.2Zn/c1-93(2,3)61-45-57(46-62(53-61)94(4,5)6)87-75-33-29-71(103-75)69(73-31-41-83(105-73)91(101)85-43-39-81(109-85)89(79-37-35-77(87)107-79)59-49-65(97(13,14)15)55-66(50-59)98(16,17)18)27-25-26-28-70-72-30-34-76(104-72)88(58-47-63(95(7,8)9)54-64(48-58)96(10,11)12)78-36-38-80(108-78)90(60-51-67(99(19,20)21)56-68(52-60)100(22,23)24)82-40-44-86(110-82)92(102)84-42-32-74(70)106-84;;/h29-56H,101-102H2,1-24H3;;/q-4;2*+2. The monoisotopic (exact) mass is 1570 g/mol. The molecule has 0 spiro atoms. The van der Waals surface area contributed by atoms with Crippen molar-refractivity contribution in [1.82, 2.24) is 39.9 Å². The van der Waals surface area contributed by atoms with E-state index < -0.39 is 0 Å². The molecule has 16 bridgehead atoms. The Hall–Kier alpha value is -9.95. The number of hydrogen-bond acceptors (Lipinski definition) is 6. The number of nitrogen functional groups attached to an aromatic ring is 2. The second-order valence-electron chi connectivity index (χ2n) is 38.5. The van der Waals surface area contributed by atoms with Gasteiger partial charge in [0.1, 0.15) is 0 Å². The molecule has 10 aromatic rings. The Morgan fingerprint density at radius 3 is 0.670 bits per heavy atom. The maximum Gasteiger partial charge on any atom is 2.00 e. The van der Waals surface area contributed by atoms with Crippen LogP contribution in [0, 0.1) is 23.7 Å². The molecular formula is C100H104N10Zn2. The maximum absolute atomic E-state index is 7.24. The summed E-state index contributed by atoms with van der Waals surface area (Å²) in [5.74, 6) is 13.7. The second-order valence-corrected chi connectivity index (χ2v) is 38.5. The van der Waals surface area contributed by atoms with Crippen LogP contribution in [0.4, 0.5) is 11.4 Å². The Bertz CT molecular complexity index is 5850. The second kappa shape index (κ2) is 29.2. The summed E-state index contributed by atoms with van der Waals surface area (Å²) in [5.41, 5.74) is 43.3. The number of nitrogens with two attached hydrogens (primary N) is 2. The Morgan fingerprint density at radius 2 is 0.411 bits per heavy atom. The van der Waals surface area contributed by atoms with Crippen molar-refractivity contribution in [3.05, 3.63) is 223 Å². The molecule has 0 saturated carbocycles. The average molecular weight is 1580 g/mol. The molecular weight excluding hydrogens is 1470 g/mol. The number of fused-ring (bicyclic) bond motifs is 16. The van der Waals surface area contributed by atoms with Crippen LogP contribution in [0.3, 0.4) is 0 Å². The van der Waals surface area contributed by atoms with E-state index in [0.717, 1.165) is 89.4 Å². The van der Waals surface area contributed by atoms with Crippen LogP contribution in [0.25, 0.3) is 137 Å². The van der Waals surface area contributed by atoms with E-state index in [1.807, 2.05) is 48.6 Å². The van der Waals surface area contributed by atoms with E-state index in [2.05, 4.69) is 311 Å². The van der Waals surface area contributed by atoms with Gasteiger partial charge in [-0.3, -0.25) is 0 Å². The number of hydrogen-bond donors (Lipinski definition) is 2. The molecule has 0 saturated heterocycles. The van der Waals surface area contributed by atoms with Crippen LogP contribution in [0.2, 0.25) is 0 Å². The van der Waals surface area contributed by atoms with Crippen molar-refractivity contribution in [2.45, 2.75) is 209 Å². The minimum absolute atomic E-state index is 0. The van der Waals surface area contributed by atoms with Crippen molar-refractivity contribution in [2.24, 2.45) is 0 Å². The molecule has 0 atom stereocenters. The molecule has 6 aromatic heterocycles. The summed E-state index contributed by atoms with van der Waals surface area (Å²) in [4.78, 5) is 44.0. The van der Waals surface area contributed by atoms with Gasteiger partial charge in [0.05, 0.1) is 45.6 Å². The Labute approximate surface area is 689 Å². The van der Waals surface area contributed by atoms with Gasteiger partial charge in [-0.1, -0.05) is 299 Å². The number of rotatable bonds is 4. The number of aromatic nitrogens is 8. The molecule has 0 radical (unpaired) electrons. The normalized spacial score (nSPS) is 13.2. The van der Waals surface area contributed by atoms with Crippen molar-refractivity contribution >= 4 is 104 Å². The zero-order valence-corrected chi connectivity index (χ0v) is 76.2. The first-order chi connectivity index (χ1) is 51.3. The van der Waals surface area contributed by atoms with E-state index in [-0.39, 0.29) is 82.3 Å². The molecule has 10 heterocycles. The summed E-state index contributed by atoms with van der Waals surface area (Å²) < 4.78 is 0. The van der Waals surface area contributed by atoms with E-state index >= 15 is 0 Å². The van der Waals surface area contributed by atoms with E-state index in [1.54, 1.807) is 0 Å². The van der Waals surface area contributed by atoms with Gasteiger partial charge in [-0.15, -0.1) is 44.1 Å². The summed E-state index contributed by atoms with van der Waals surface area (Å²) >= 11 is 0. The van der Waals surface area contributed by atoms with E-state index in [0.29, 0.717) is 67.3 Å². The largest absolute Gasteiger partial charge is 2.00 e. The van der Waals surface area contributed by atoms with Crippen LogP contribution >= 0.6 is 0 Å². The van der Waals surface area contributed by atoms with Gasteiger partial charge in [-0.25, -0.2) is 19.9 Å². The molecule has 12 heteroatoms. The molecule has 4 aromatic carbocycles. The summed E-state index contributed by atoms with van der Waals surface area (Å²) in [6.07, 6.45) is 16.3. The Balaban J connectivity index is 0.00000582. The van der Waals surface area contributed by atoms with Crippen LogP contribution < -0.4 is 31.4 Å². The van der Waals surface area contributed by atoms with Crippen molar-refractivity contribution in [2.75, 3.05) is 11.5 Å². The van der Waals surface area contributed by atoms with Crippen molar-refractivity contribution < 1.29 is 39.0 Å². The summed E-state index contributed by atoms with van der Waals surface area (Å²) in [5, 5.41) is 0. The third-order valence-electron chi connectivity index (χ3n) is 21.5. The zero-order valence-electron chi connectivity index (χ0n) is 70.3. The zero-order chi connectivity index (χ0) is 79.1. The fourth-order valence-electron chi connectivity index (χ4n) is 14.4. The Morgan fingerprint density at radius 1 is 0.232 bits per heavy atom. The van der Waals surface area contributed by atoms with Crippen LogP contribution in [0.1, 0.15) is 267 Å². The average Bonchev–Trinajstić information content (AvgIpc) is 1.55. The van der Waals surface area contributed by atoms with E-state index in [4.69, 9.17) is 51.3 Å². The summed E-state index contributed by atoms with van der Waals surface area (Å²) in [7, 11) is 0. The molecule has 0 aliphatic carbocycles. The first-order valence-electron chi connectivity index (χ1n) is 38.6. The minimum Gasteiger partial charge on any atom is -0.657 e. The molecule has 0 amide bonds. The number of anilines is 2. The quantitative estimate of drug-likeness (QED) is 0.128. The molecule has 4 aliphatic heterocycles. The van der Waals surface area contributed by atoms with Gasteiger partial charge in [0.15, 0.2) is 0 Å². The predicted octanol–water partition coefficient (Wildman–Crippen LogP) is 23.8. The first kappa shape index (κ1) is 81.5. The van der Waals surface area contributed by atoms with Crippen molar-refractivity contribution in [3.63, 3.8) is 0 Å². The molecule has 10 nitrogen and oxygen atoms in total. The molecule has 4 N–H and O–H groups in total. The van der Waals surface area contributed by atoms with Crippen molar-refractivity contribution in [1.29, 1.82) is 0 Å². The molecule has 558 valence electrons. The maximum atomic E-state index is 7.24. The van der Waals surface area contributed by atoms with Gasteiger partial charge >= 0.3 is 39.0 Å². The van der Waals surface area contributed by atoms with E-state index in [9.17, 15) is 0 Å². The van der Waals surface area contributed by atoms with Crippen LogP contribution in [0.5, 0.6) is 0 Å². The smallest absolute Gasteiger partial charge is 0.657 e. The minimum atomic E-state index is -0.181. The molecule has 14 rings (SSSR count). The van der Waals surface area contributed by atoms with Crippen LogP contribution in [-0.4, -0.2) is 19.9 Å². The fraction of sp³-hybridized carbons (Fsp3) is 0.320. The van der Waals surface area contributed by atoms with Gasteiger partial charge in [-0.05, 0) is 193 Å². The topological polar surface area (TPSA) is 160 Å². The van der Waals surface area contributed by atoms with Crippen LogP contribution in [-0.2, 0) is 82.3 Å². The van der Waals surface area contributed by atoms with E-state index in [1.165, 1.54) is 44.5 Å². The predicted molar refractivity (Wildman–Crippen MR) is 468 cm³/mol. The third kappa shape index (κ3) is 16.3. The first-order valence-corrected chi connectivity index (χ1v) is 38.6. The van der Waals surface area contributed by atoms with Gasteiger partial charge < -0.3 is 31.4 Å². The molecule has 112 heavy (non-hydrogen) atoms. The van der Waals surface area contributed by atoms with Crippen molar-refractivity contribution in [3.8, 4) is 68.2 Å². The van der Waals surface area contributed by atoms with Crippen LogP contribution in [0.15, 0.2) is 121 Å². The molecule has 4 aliphatic rings. The van der Waals surface area contributed by atoms with Gasteiger partial charge in [0, 0.05) is 22.5 Å². The van der Waals surface area contributed by atoms with Gasteiger partial charge in [-0.2, -0.15) is 0 Å².